The van der Waals surface area contributed by atoms with Gasteiger partial charge in [-0.15, -0.1) is 0 Å². The van der Waals surface area contributed by atoms with E-state index in [1.54, 1.807) is 51.2 Å². The second kappa shape index (κ2) is 11.3. The first-order valence-corrected chi connectivity index (χ1v) is 11.7. The van der Waals surface area contributed by atoms with Crippen LogP contribution in [0, 0.1) is 0 Å². The van der Waals surface area contributed by atoms with Crippen LogP contribution >= 0.6 is 0 Å². The van der Waals surface area contributed by atoms with E-state index in [1.165, 1.54) is 4.90 Å². The van der Waals surface area contributed by atoms with Crippen LogP contribution in [-0.2, 0) is 27.3 Å². The highest BCUT2D eigenvalue weighted by Gasteiger charge is 2.42. The van der Waals surface area contributed by atoms with Crippen molar-refractivity contribution >= 4 is 17.9 Å². The van der Waals surface area contributed by atoms with Crippen molar-refractivity contribution in [3.05, 3.63) is 66.0 Å². The van der Waals surface area contributed by atoms with Gasteiger partial charge in [0.1, 0.15) is 17.7 Å². The van der Waals surface area contributed by atoms with Crippen molar-refractivity contribution in [2.75, 3.05) is 13.6 Å². The molecule has 0 saturated carbocycles. The second-order valence-corrected chi connectivity index (χ2v) is 9.84. The number of carbonyl (C=O) groups excluding carboxylic acids is 3. The van der Waals surface area contributed by atoms with Crippen molar-refractivity contribution in [1.29, 1.82) is 0 Å². The summed E-state index contributed by atoms with van der Waals surface area (Å²) in [6.07, 6.45) is 2.06. The Hall–Kier alpha value is -3.46. The number of hydrogen-bond acceptors (Lipinski definition) is 6. The quantitative estimate of drug-likeness (QED) is 0.625. The molecule has 0 unspecified atom stereocenters. The molecule has 1 aliphatic heterocycles. The average molecular weight is 483 g/mol. The van der Waals surface area contributed by atoms with Crippen LogP contribution in [0.5, 0.6) is 0 Å². The van der Waals surface area contributed by atoms with Gasteiger partial charge in [-0.2, -0.15) is 0 Å². The molecule has 2 aromatic rings. The van der Waals surface area contributed by atoms with E-state index in [-0.39, 0.29) is 25.3 Å². The van der Waals surface area contributed by atoms with Crippen molar-refractivity contribution in [2.45, 2.75) is 63.9 Å². The SMILES string of the molecule is CN(Cc1ccccc1)C(=O)[C@H](Cc1cccnc1)NC(=O)[C@@H]1C[C@@H](O)CN1C(=O)OC(C)(C)C. The fraction of sp³-hybridized carbons (Fsp3) is 0.462. The maximum absolute atomic E-state index is 13.4. The Balaban J connectivity index is 1.77. The zero-order valence-electron chi connectivity index (χ0n) is 20.7. The maximum Gasteiger partial charge on any atom is 0.411 e. The number of pyridine rings is 1. The smallest absolute Gasteiger partial charge is 0.411 e. The summed E-state index contributed by atoms with van der Waals surface area (Å²) in [7, 11) is 1.68. The molecule has 0 radical (unpaired) electrons. The highest BCUT2D eigenvalue weighted by molar-refractivity contribution is 5.91. The summed E-state index contributed by atoms with van der Waals surface area (Å²) in [6, 6.07) is 11.4. The summed E-state index contributed by atoms with van der Waals surface area (Å²) in [5, 5.41) is 13.0. The molecule has 3 atom stereocenters. The van der Waals surface area contributed by atoms with E-state index >= 15 is 0 Å². The van der Waals surface area contributed by atoms with Crippen LogP contribution in [0.25, 0.3) is 0 Å². The Morgan fingerprint density at radius 1 is 1.17 bits per heavy atom. The minimum Gasteiger partial charge on any atom is -0.444 e. The number of hydrogen-bond donors (Lipinski definition) is 2. The molecule has 9 heteroatoms. The number of nitrogens with one attached hydrogen (secondary N) is 1. The fourth-order valence-electron chi connectivity index (χ4n) is 4.01. The van der Waals surface area contributed by atoms with E-state index in [1.807, 2.05) is 36.4 Å². The third-order valence-corrected chi connectivity index (χ3v) is 5.63. The van der Waals surface area contributed by atoms with Gasteiger partial charge in [0.25, 0.3) is 0 Å². The molecule has 0 bridgehead atoms. The lowest BCUT2D eigenvalue weighted by Crippen LogP contribution is -2.54. The fourth-order valence-corrected chi connectivity index (χ4v) is 4.01. The molecule has 0 aliphatic carbocycles. The summed E-state index contributed by atoms with van der Waals surface area (Å²) in [4.78, 5) is 46.3. The molecule has 1 aromatic carbocycles. The number of carbonyl (C=O) groups is 3. The lowest BCUT2D eigenvalue weighted by Gasteiger charge is -2.30. The first-order valence-electron chi connectivity index (χ1n) is 11.7. The molecule has 1 saturated heterocycles. The highest BCUT2D eigenvalue weighted by Crippen LogP contribution is 2.22. The number of likely N-dealkylation sites (tertiary alicyclic amines) is 1. The summed E-state index contributed by atoms with van der Waals surface area (Å²) < 4.78 is 5.42. The highest BCUT2D eigenvalue weighted by atomic mass is 16.6. The topological polar surface area (TPSA) is 112 Å². The van der Waals surface area contributed by atoms with Gasteiger partial charge in [0.2, 0.25) is 11.8 Å². The molecule has 3 amide bonds. The molecule has 2 heterocycles. The van der Waals surface area contributed by atoms with Gasteiger partial charge in [-0.25, -0.2) is 4.79 Å². The third-order valence-electron chi connectivity index (χ3n) is 5.63. The summed E-state index contributed by atoms with van der Waals surface area (Å²) in [5.74, 6) is -0.781. The van der Waals surface area contributed by atoms with Gasteiger partial charge >= 0.3 is 6.09 Å². The first kappa shape index (κ1) is 26.2. The Morgan fingerprint density at radius 2 is 1.86 bits per heavy atom. The molecule has 3 rings (SSSR count). The van der Waals surface area contributed by atoms with E-state index in [0.29, 0.717) is 6.54 Å². The summed E-state index contributed by atoms with van der Waals surface area (Å²) in [6.45, 7) is 5.57. The number of amides is 3. The Labute approximate surface area is 206 Å². The number of β-amino-alcohol motifs (C(OH)–C–C–N with tert-alkyl or cyclic N) is 1. The summed E-state index contributed by atoms with van der Waals surface area (Å²) in [5.41, 5.74) is 1.00. The lowest BCUT2D eigenvalue weighted by molar-refractivity contribution is -0.137. The third kappa shape index (κ3) is 7.51. The van der Waals surface area contributed by atoms with E-state index in [4.69, 9.17) is 4.74 Å². The van der Waals surface area contributed by atoms with Gasteiger partial charge in [-0.1, -0.05) is 36.4 Å². The normalized spacial score (nSPS) is 18.6. The average Bonchev–Trinajstić information content (AvgIpc) is 3.20. The number of likely N-dealkylation sites (N-methyl/N-ethyl adjacent to an activating group) is 1. The van der Waals surface area contributed by atoms with Crippen LogP contribution in [0.4, 0.5) is 4.79 Å². The van der Waals surface area contributed by atoms with E-state index in [0.717, 1.165) is 11.1 Å². The van der Waals surface area contributed by atoms with Crippen LogP contribution in [0.2, 0.25) is 0 Å². The molecular formula is C26H34N4O5. The predicted molar refractivity (Wildman–Crippen MR) is 130 cm³/mol. The minimum atomic E-state index is -0.941. The Bertz CT molecular complexity index is 1010. The molecule has 1 fully saturated rings. The number of rotatable bonds is 7. The number of aliphatic hydroxyl groups excluding tert-OH is 1. The van der Waals surface area contributed by atoms with Gasteiger partial charge in [0.15, 0.2) is 0 Å². The molecule has 35 heavy (non-hydrogen) atoms. The molecule has 2 N–H and O–H groups in total. The molecule has 1 aliphatic rings. The van der Waals surface area contributed by atoms with Crippen molar-refractivity contribution < 1.29 is 24.2 Å². The Morgan fingerprint density at radius 3 is 2.49 bits per heavy atom. The van der Waals surface area contributed by atoms with Crippen LogP contribution in [0.15, 0.2) is 54.9 Å². The van der Waals surface area contributed by atoms with Gasteiger partial charge in [-0.3, -0.25) is 19.5 Å². The first-order chi connectivity index (χ1) is 16.5. The summed E-state index contributed by atoms with van der Waals surface area (Å²) >= 11 is 0. The zero-order chi connectivity index (χ0) is 25.6. The van der Waals surface area contributed by atoms with E-state index in [2.05, 4.69) is 10.3 Å². The standard InChI is InChI=1S/C26H34N4O5/c1-26(2,3)35-25(34)30-17-20(31)14-22(30)23(32)28-21(13-19-11-8-12-27-15-19)24(33)29(4)16-18-9-6-5-7-10-18/h5-12,15,20-22,31H,13-14,16-17H2,1-4H3,(H,28,32)/t20-,21+,22+/m1/s1. The number of ether oxygens (including phenoxy) is 1. The zero-order valence-corrected chi connectivity index (χ0v) is 20.7. The minimum absolute atomic E-state index is 0.0118. The number of benzene rings is 1. The number of nitrogens with zero attached hydrogens (tertiary/aromatic N) is 3. The molecular weight excluding hydrogens is 448 g/mol. The Kier molecular flexibility index (Phi) is 8.45. The molecule has 1 aromatic heterocycles. The molecule has 188 valence electrons. The number of aliphatic hydroxyl groups is 1. The number of aromatic nitrogens is 1. The van der Waals surface area contributed by atoms with Gasteiger partial charge < -0.3 is 20.1 Å². The van der Waals surface area contributed by atoms with Gasteiger partial charge in [0, 0.05) is 38.8 Å². The van der Waals surface area contributed by atoms with E-state index < -0.39 is 35.8 Å². The van der Waals surface area contributed by atoms with Crippen LogP contribution in [0.3, 0.4) is 0 Å². The maximum atomic E-state index is 13.4. The van der Waals surface area contributed by atoms with Crippen molar-refractivity contribution in [3.8, 4) is 0 Å². The monoisotopic (exact) mass is 482 g/mol. The van der Waals surface area contributed by atoms with E-state index in [9.17, 15) is 19.5 Å². The lowest BCUT2D eigenvalue weighted by atomic mass is 10.0. The van der Waals surface area contributed by atoms with Crippen LogP contribution in [0.1, 0.15) is 38.3 Å². The largest absolute Gasteiger partial charge is 0.444 e. The van der Waals surface area contributed by atoms with Gasteiger partial charge in [-0.05, 0) is 38.0 Å². The van der Waals surface area contributed by atoms with Gasteiger partial charge in [0.05, 0.1) is 12.6 Å². The molecule has 9 nitrogen and oxygen atoms in total. The van der Waals surface area contributed by atoms with Crippen molar-refractivity contribution in [3.63, 3.8) is 0 Å². The van der Waals surface area contributed by atoms with Crippen molar-refractivity contribution in [2.24, 2.45) is 0 Å². The van der Waals surface area contributed by atoms with Crippen LogP contribution < -0.4 is 5.32 Å². The second-order valence-electron chi connectivity index (χ2n) is 9.84. The molecule has 0 spiro atoms. The van der Waals surface area contributed by atoms with Crippen LogP contribution in [-0.4, -0.2) is 75.2 Å². The van der Waals surface area contributed by atoms with Crippen molar-refractivity contribution in [1.82, 2.24) is 20.1 Å². The predicted octanol–water partition coefficient (Wildman–Crippen LogP) is 2.14.